The zero-order valence-electron chi connectivity index (χ0n) is 15.5. The second kappa shape index (κ2) is 7.53. The van der Waals surface area contributed by atoms with Crippen LogP contribution < -0.4 is 5.32 Å². The Morgan fingerprint density at radius 3 is 1.46 bits per heavy atom. The van der Waals surface area contributed by atoms with Gasteiger partial charge in [-0.2, -0.15) is 0 Å². The van der Waals surface area contributed by atoms with Gasteiger partial charge in [0.2, 0.25) is 0 Å². The Morgan fingerprint density at radius 2 is 1.12 bits per heavy atom. The van der Waals surface area contributed by atoms with Gasteiger partial charge >= 0.3 is 0 Å². The molecule has 2 aromatic rings. The molecule has 1 heteroatoms. The summed E-state index contributed by atoms with van der Waals surface area (Å²) < 4.78 is 0. The molecule has 0 unspecified atom stereocenters. The Morgan fingerprint density at radius 1 is 0.708 bits per heavy atom. The average molecular weight is 322 g/mol. The summed E-state index contributed by atoms with van der Waals surface area (Å²) in [5.41, 5.74) is 5.73. The molecule has 0 radical (unpaired) electrons. The van der Waals surface area contributed by atoms with Crippen molar-refractivity contribution in [2.24, 2.45) is 0 Å². The minimum absolute atomic E-state index is 0.454. The molecule has 1 nitrogen and oxygen atoms in total. The molecule has 0 bridgehead atoms. The zero-order chi connectivity index (χ0) is 17.1. The first-order chi connectivity index (χ1) is 11.6. The Kier molecular flexibility index (Phi) is 5.40. The molecule has 1 saturated heterocycles. The summed E-state index contributed by atoms with van der Waals surface area (Å²) >= 11 is 0. The van der Waals surface area contributed by atoms with Gasteiger partial charge in [0.1, 0.15) is 0 Å². The Hall–Kier alpha value is -1.60. The van der Waals surface area contributed by atoms with Crippen LogP contribution in [0.2, 0.25) is 0 Å². The third-order valence-electron chi connectivity index (χ3n) is 5.43. The van der Waals surface area contributed by atoms with E-state index in [0.29, 0.717) is 23.8 Å². The fourth-order valence-electron chi connectivity index (χ4n) is 3.83. The van der Waals surface area contributed by atoms with Gasteiger partial charge in [-0.15, -0.1) is 0 Å². The molecule has 2 aromatic carbocycles. The molecule has 0 aliphatic carbocycles. The first kappa shape index (κ1) is 17.2. The highest BCUT2D eigenvalue weighted by Gasteiger charge is 2.27. The summed E-state index contributed by atoms with van der Waals surface area (Å²) in [5.74, 6) is 1.63. The van der Waals surface area contributed by atoms with Gasteiger partial charge < -0.3 is 5.32 Å². The molecule has 0 amide bonds. The minimum Gasteiger partial charge on any atom is -0.313 e. The van der Waals surface area contributed by atoms with Crippen LogP contribution in [-0.4, -0.2) is 12.6 Å². The van der Waals surface area contributed by atoms with Crippen molar-refractivity contribution in [3.8, 4) is 0 Å². The molecule has 1 N–H and O–H groups in total. The van der Waals surface area contributed by atoms with E-state index in [-0.39, 0.29) is 0 Å². The van der Waals surface area contributed by atoms with Gasteiger partial charge in [-0.25, -0.2) is 0 Å². The van der Waals surface area contributed by atoms with E-state index in [4.69, 9.17) is 0 Å². The predicted molar refractivity (Wildman–Crippen MR) is 104 cm³/mol. The normalized spacial score (nSPS) is 18.0. The number of hydrogen-bond acceptors (Lipinski definition) is 1. The van der Waals surface area contributed by atoms with Crippen LogP contribution in [0.15, 0.2) is 48.5 Å². The van der Waals surface area contributed by atoms with Crippen molar-refractivity contribution < 1.29 is 0 Å². The second-order valence-electron chi connectivity index (χ2n) is 7.82. The quantitative estimate of drug-likeness (QED) is 0.732. The highest BCUT2D eigenvalue weighted by molar-refractivity contribution is 5.38. The van der Waals surface area contributed by atoms with E-state index >= 15 is 0 Å². The lowest BCUT2D eigenvalue weighted by atomic mass is 9.83. The van der Waals surface area contributed by atoms with E-state index < -0.39 is 0 Å². The lowest BCUT2D eigenvalue weighted by Gasteiger charge is -2.26. The number of rotatable bonds is 5. The van der Waals surface area contributed by atoms with E-state index in [1.165, 1.54) is 35.1 Å². The maximum atomic E-state index is 3.73. The summed E-state index contributed by atoms with van der Waals surface area (Å²) in [6.45, 7) is 10.2. The van der Waals surface area contributed by atoms with Crippen molar-refractivity contribution in [1.29, 1.82) is 0 Å². The third-order valence-corrected chi connectivity index (χ3v) is 5.43. The van der Waals surface area contributed by atoms with E-state index in [2.05, 4.69) is 81.5 Å². The third kappa shape index (κ3) is 3.72. The Labute approximate surface area is 147 Å². The van der Waals surface area contributed by atoms with Gasteiger partial charge in [-0.1, -0.05) is 76.2 Å². The van der Waals surface area contributed by atoms with Gasteiger partial charge in [0.05, 0.1) is 0 Å². The van der Waals surface area contributed by atoms with Crippen LogP contribution in [0.1, 0.15) is 80.5 Å². The first-order valence-corrected chi connectivity index (χ1v) is 9.49. The largest absolute Gasteiger partial charge is 0.313 e. The standard InChI is InChI=1S/C23H31N/c1-16(2)18-7-11-20(12-8-18)23(22-6-5-15-24-22)21-13-9-19(10-14-21)17(3)4/h7-14,16-17,22-24H,5-6,15H2,1-4H3/t22-/m1/s1. The van der Waals surface area contributed by atoms with Crippen LogP contribution >= 0.6 is 0 Å². The first-order valence-electron chi connectivity index (χ1n) is 9.49. The Bertz CT molecular complexity index is 579. The van der Waals surface area contributed by atoms with E-state index in [1.54, 1.807) is 0 Å². The Balaban J connectivity index is 1.93. The average Bonchev–Trinajstić information content (AvgIpc) is 3.10. The SMILES string of the molecule is CC(C)c1ccc(C(c2ccc(C(C)C)cc2)[C@H]2CCCN2)cc1. The minimum atomic E-state index is 0.454. The molecule has 1 heterocycles. The van der Waals surface area contributed by atoms with E-state index in [0.717, 1.165) is 6.54 Å². The molecule has 3 rings (SSSR count). The highest BCUT2D eigenvalue weighted by Crippen LogP contribution is 2.33. The summed E-state index contributed by atoms with van der Waals surface area (Å²) in [7, 11) is 0. The van der Waals surface area contributed by atoms with Crippen LogP contribution in [-0.2, 0) is 0 Å². The van der Waals surface area contributed by atoms with Crippen LogP contribution in [0, 0.1) is 0 Å². The topological polar surface area (TPSA) is 12.0 Å². The van der Waals surface area contributed by atoms with Crippen molar-refractivity contribution in [3.63, 3.8) is 0 Å². The lowest BCUT2D eigenvalue weighted by Crippen LogP contribution is -2.29. The molecule has 1 aliphatic rings. The molecule has 0 spiro atoms. The van der Waals surface area contributed by atoms with Crippen molar-refractivity contribution in [2.45, 2.75) is 64.3 Å². The van der Waals surface area contributed by atoms with Crippen LogP contribution in [0.5, 0.6) is 0 Å². The summed E-state index contributed by atoms with van der Waals surface area (Å²) in [4.78, 5) is 0. The van der Waals surface area contributed by atoms with Gasteiger partial charge in [0.25, 0.3) is 0 Å². The van der Waals surface area contributed by atoms with Crippen molar-refractivity contribution in [1.82, 2.24) is 5.32 Å². The predicted octanol–water partition coefficient (Wildman–Crippen LogP) is 5.82. The van der Waals surface area contributed by atoms with Crippen molar-refractivity contribution >= 4 is 0 Å². The second-order valence-corrected chi connectivity index (χ2v) is 7.82. The molecule has 1 aliphatic heterocycles. The number of hydrogen-bond donors (Lipinski definition) is 1. The lowest BCUT2D eigenvalue weighted by molar-refractivity contribution is 0.540. The van der Waals surface area contributed by atoms with Gasteiger partial charge in [0, 0.05) is 12.0 Å². The van der Waals surface area contributed by atoms with Crippen LogP contribution in [0.3, 0.4) is 0 Å². The highest BCUT2D eigenvalue weighted by atomic mass is 14.9. The summed E-state index contributed by atoms with van der Waals surface area (Å²) in [5, 5.41) is 3.73. The fourth-order valence-corrected chi connectivity index (χ4v) is 3.83. The molecule has 1 fully saturated rings. The molecule has 128 valence electrons. The van der Waals surface area contributed by atoms with Crippen LogP contribution in [0.25, 0.3) is 0 Å². The van der Waals surface area contributed by atoms with E-state index in [1.807, 2.05) is 0 Å². The fraction of sp³-hybridized carbons (Fsp3) is 0.478. The van der Waals surface area contributed by atoms with Gasteiger partial charge in [0.15, 0.2) is 0 Å². The van der Waals surface area contributed by atoms with Gasteiger partial charge in [-0.05, 0) is 53.5 Å². The summed E-state index contributed by atoms with van der Waals surface area (Å²) in [6.07, 6.45) is 2.55. The van der Waals surface area contributed by atoms with Crippen LogP contribution in [0.4, 0.5) is 0 Å². The number of nitrogens with one attached hydrogen (secondary N) is 1. The molecule has 24 heavy (non-hydrogen) atoms. The maximum absolute atomic E-state index is 3.73. The molecule has 1 atom stereocenters. The molecular weight excluding hydrogens is 290 g/mol. The zero-order valence-corrected chi connectivity index (χ0v) is 15.5. The van der Waals surface area contributed by atoms with Crippen molar-refractivity contribution in [3.05, 3.63) is 70.8 Å². The molecular formula is C23H31N. The molecule has 0 saturated carbocycles. The van der Waals surface area contributed by atoms with Crippen molar-refractivity contribution in [2.75, 3.05) is 6.54 Å². The molecule has 0 aromatic heterocycles. The monoisotopic (exact) mass is 321 g/mol. The maximum Gasteiger partial charge on any atom is 0.0243 e. The smallest absolute Gasteiger partial charge is 0.0243 e. The number of benzene rings is 2. The van der Waals surface area contributed by atoms with Gasteiger partial charge in [-0.3, -0.25) is 0 Å². The van der Waals surface area contributed by atoms with E-state index in [9.17, 15) is 0 Å². The summed E-state index contributed by atoms with van der Waals surface area (Å²) in [6, 6.07) is 19.2.